The molecular formula is C20H27N5O2. The Morgan fingerprint density at radius 2 is 2.07 bits per heavy atom. The normalized spacial score (nSPS) is 26.8. The lowest BCUT2D eigenvalue weighted by Crippen LogP contribution is -2.57. The summed E-state index contributed by atoms with van der Waals surface area (Å²) in [6.07, 6.45) is 4.19. The highest BCUT2D eigenvalue weighted by Gasteiger charge is 2.43. The topological polar surface area (TPSA) is 63.5 Å². The molecule has 1 unspecified atom stereocenters. The maximum absolute atomic E-state index is 12.4. The van der Waals surface area contributed by atoms with Gasteiger partial charge in [-0.2, -0.15) is 0 Å². The molecule has 2 aromatic rings. The summed E-state index contributed by atoms with van der Waals surface area (Å²) < 4.78 is 7.14. The summed E-state index contributed by atoms with van der Waals surface area (Å²) in [5.41, 5.74) is 1.90. The molecule has 0 radical (unpaired) electrons. The fraction of sp³-hybridized carbons (Fsp3) is 0.550. The minimum absolute atomic E-state index is 0.149. The molecule has 0 aliphatic carbocycles. The Balaban J connectivity index is 1.42. The Bertz CT molecular complexity index is 801. The highest BCUT2D eigenvalue weighted by Crippen LogP contribution is 2.37. The molecule has 0 N–H and O–H groups in total. The van der Waals surface area contributed by atoms with Crippen molar-refractivity contribution in [2.24, 2.45) is 11.8 Å². The highest BCUT2D eigenvalue weighted by molar-refractivity contribution is 5.79. The number of carbonyl (C=O) groups is 1. The van der Waals surface area contributed by atoms with Crippen molar-refractivity contribution in [2.75, 3.05) is 34.3 Å². The van der Waals surface area contributed by atoms with E-state index in [2.05, 4.69) is 15.2 Å². The molecule has 3 aliphatic heterocycles. The Morgan fingerprint density at radius 1 is 1.30 bits per heavy atom. The smallest absolute Gasteiger partial charge is 0.226 e. The van der Waals surface area contributed by atoms with Crippen LogP contribution in [0.2, 0.25) is 0 Å². The molecule has 4 heterocycles. The van der Waals surface area contributed by atoms with Crippen LogP contribution < -0.4 is 4.74 Å². The summed E-state index contributed by atoms with van der Waals surface area (Å²) in [5, 5.41) is 8.66. The summed E-state index contributed by atoms with van der Waals surface area (Å²) in [4.78, 5) is 16.6. The van der Waals surface area contributed by atoms with Crippen molar-refractivity contribution in [3.05, 3.63) is 30.5 Å². The number of ether oxygens (including phenoxy) is 1. The maximum Gasteiger partial charge on any atom is 0.226 e. The van der Waals surface area contributed by atoms with Crippen molar-refractivity contribution in [1.29, 1.82) is 0 Å². The van der Waals surface area contributed by atoms with Crippen LogP contribution in [-0.4, -0.2) is 71.0 Å². The van der Waals surface area contributed by atoms with Gasteiger partial charge in [-0.3, -0.25) is 14.4 Å². The van der Waals surface area contributed by atoms with Gasteiger partial charge in [-0.15, -0.1) is 5.10 Å². The average molecular weight is 369 g/mol. The first-order valence-corrected chi connectivity index (χ1v) is 9.55. The first-order chi connectivity index (χ1) is 13.0. The monoisotopic (exact) mass is 369 g/mol. The molecule has 7 nitrogen and oxygen atoms in total. The molecule has 1 aromatic carbocycles. The molecule has 7 heteroatoms. The number of amides is 1. The molecular weight excluding hydrogens is 342 g/mol. The van der Waals surface area contributed by atoms with E-state index in [-0.39, 0.29) is 11.8 Å². The predicted octanol–water partition coefficient (Wildman–Crippen LogP) is 1.75. The number of nitrogens with zero attached hydrogens (tertiary/aromatic N) is 5. The predicted molar refractivity (Wildman–Crippen MR) is 102 cm³/mol. The lowest BCUT2D eigenvalue weighted by Gasteiger charge is -2.49. The van der Waals surface area contributed by atoms with Crippen LogP contribution >= 0.6 is 0 Å². The minimum Gasteiger partial charge on any atom is -0.497 e. The van der Waals surface area contributed by atoms with Crippen LogP contribution in [0.25, 0.3) is 11.3 Å². The zero-order valence-corrected chi connectivity index (χ0v) is 16.2. The number of fused-ring (bicyclic) bond motifs is 3. The summed E-state index contributed by atoms with van der Waals surface area (Å²) in [6, 6.07) is 8.29. The van der Waals surface area contributed by atoms with Crippen molar-refractivity contribution in [3.8, 4) is 17.0 Å². The summed E-state index contributed by atoms with van der Waals surface area (Å²) in [6.45, 7) is 2.77. The molecule has 0 spiro atoms. The van der Waals surface area contributed by atoms with E-state index < -0.39 is 0 Å². The van der Waals surface area contributed by atoms with Crippen molar-refractivity contribution >= 4 is 5.91 Å². The third-order valence-corrected chi connectivity index (χ3v) is 5.96. The molecule has 3 fully saturated rings. The number of hydrogen-bond donors (Lipinski definition) is 0. The molecule has 144 valence electrons. The van der Waals surface area contributed by atoms with Crippen molar-refractivity contribution in [3.63, 3.8) is 0 Å². The Labute approximate surface area is 159 Å². The third-order valence-electron chi connectivity index (χ3n) is 5.96. The van der Waals surface area contributed by atoms with Gasteiger partial charge in [0.2, 0.25) is 5.91 Å². The maximum atomic E-state index is 12.4. The molecule has 3 aliphatic rings. The number of hydrogen-bond acceptors (Lipinski definition) is 5. The van der Waals surface area contributed by atoms with Gasteiger partial charge in [-0.05, 0) is 49.6 Å². The number of rotatable bonds is 5. The van der Waals surface area contributed by atoms with Crippen LogP contribution in [0.15, 0.2) is 30.5 Å². The van der Waals surface area contributed by atoms with Gasteiger partial charge in [0, 0.05) is 32.2 Å². The van der Waals surface area contributed by atoms with Crippen molar-refractivity contribution in [2.45, 2.75) is 25.4 Å². The standard InChI is InChI=1S/C20H27N5O2/c1-23(2)20(26)18-12-24-9-8-15(18)10-16(24)11-25-13-19(21-22-25)14-4-6-17(27-3)7-5-14/h4-7,13,15-16,18H,8-12H2,1-3H3/t15-,16-,18-/m1/s1. The fourth-order valence-electron chi connectivity index (χ4n) is 4.44. The first kappa shape index (κ1) is 18.0. The molecule has 5 rings (SSSR count). The van der Waals surface area contributed by atoms with E-state index >= 15 is 0 Å². The van der Waals surface area contributed by atoms with E-state index in [9.17, 15) is 4.79 Å². The summed E-state index contributed by atoms with van der Waals surface area (Å²) >= 11 is 0. The van der Waals surface area contributed by atoms with Gasteiger partial charge in [0.15, 0.2) is 0 Å². The number of aromatic nitrogens is 3. The number of benzene rings is 1. The Morgan fingerprint density at radius 3 is 2.70 bits per heavy atom. The van der Waals surface area contributed by atoms with Crippen molar-refractivity contribution < 1.29 is 9.53 Å². The summed E-state index contributed by atoms with van der Waals surface area (Å²) in [7, 11) is 5.37. The Hall–Kier alpha value is -2.41. The van der Waals surface area contributed by atoms with Gasteiger partial charge in [0.05, 0.1) is 25.8 Å². The van der Waals surface area contributed by atoms with E-state index in [1.54, 1.807) is 12.0 Å². The van der Waals surface area contributed by atoms with Gasteiger partial charge in [0.1, 0.15) is 11.4 Å². The quantitative estimate of drug-likeness (QED) is 0.804. The zero-order chi connectivity index (χ0) is 19.0. The average Bonchev–Trinajstić information content (AvgIpc) is 3.16. The zero-order valence-electron chi connectivity index (χ0n) is 16.2. The van der Waals surface area contributed by atoms with Gasteiger partial charge in [-0.1, -0.05) is 5.21 Å². The molecule has 3 saturated heterocycles. The van der Waals surface area contributed by atoms with E-state index in [0.29, 0.717) is 12.0 Å². The fourth-order valence-corrected chi connectivity index (χ4v) is 4.44. The van der Waals surface area contributed by atoms with E-state index in [4.69, 9.17) is 4.74 Å². The number of methoxy groups -OCH3 is 1. The second-order valence-electron chi connectivity index (χ2n) is 7.83. The highest BCUT2D eigenvalue weighted by atomic mass is 16.5. The SMILES string of the molecule is COc1ccc(-c2cn(C[C@H]3C[C@H]4CCN3C[C@H]4C(=O)N(C)C)nn2)cc1. The number of carbonyl (C=O) groups excluding carboxylic acids is 1. The molecule has 0 saturated carbocycles. The van der Waals surface area contributed by atoms with Gasteiger partial charge in [-0.25, -0.2) is 0 Å². The molecule has 27 heavy (non-hydrogen) atoms. The molecule has 4 atom stereocenters. The van der Waals surface area contributed by atoms with E-state index in [1.165, 1.54) is 0 Å². The van der Waals surface area contributed by atoms with Crippen molar-refractivity contribution in [1.82, 2.24) is 24.8 Å². The number of piperidine rings is 3. The van der Waals surface area contributed by atoms with Crippen LogP contribution in [0.5, 0.6) is 5.75 Å². The first-order valence-electron chi connectivity index (χ1n) is 9.55. The van der Waals surface area contributed by atoms with E-state index in [1.807, 2.05) is 49.2 Å². The van der Waals surface area contributed by atoms with Gasteiger partial charge >= 0.3 is 0 Å². The van der Waals surface area contributed by atoms with Gasteiger partial charge in [0.25, 0.3) is 0 Å². The summed E-state index contributed by atoms with van der Waals surface area (Å²) in [5.74, 6) is 1.74. The van der Waals surface area contributed by atoms with Crippen LogP contribution in [-0.2, 0) is 11.3 Å². The van der Waals surface area contributed by atoms with Crippen LogP contribution in [0.3, 0.4) is 0 Å². The van der Waals surface area contributed by atoms with Crippen LogP contribution in [0, 0.1) is 11.8 Å². The molecule has 1 aromatic heterocycles. The second-order valence-corrected chi connectivity index (χ2v) is 7.83. The minimum atomic E-state index is 0.149. The second kappa shape index (κ2) is 7.31. The Kier molecular flexibility index (Phi) is 4.86. The lowest BCUT2D eigenvalue weighted by atomic mass is 9.75. The van der Waals surface area contributed by atoms with Gasteiger partial charge < -0.3 is 9.64 Å². The van der Waals surface area contributed by atoms with Crippen LogP contribution in [0.1, 0.15) is 12.8 Å². The third kappa shape index (κ3) is 3.56. The van der Waals surface area contributed by atoms with E-state index in [0.717, 1.165) is 49.5 Å². The van der Waals surface area contributed by atoms with Crippen LogP contribution in [0.4, 0.5) is 0 Å². The largest absolute Gasteiger partial charge is 0.497 e. The molecule has 1 amide bonds. The lowest BCUT2D eigenvalue weighted by molar-refractivity contribution is -0.141. The molecule has 2 bridgehead atoms.